The van der Waals surface area contributed by atoms with Gasteiger partial charge in [-0.2, -0.15) is 0 Å². The Morgan fingerprint density at radius 3 is 2.71 bits per heavy atom. The van der Waals surface area contributed by atoms with Crippen molar-refractivity contribution in [3.05, 3.63) is 0 Å². The molecule has 0 aliphatic heterocycles. The number of nitrogens with zero attached hydrogens (tertiary/aromatic N) is 1. The van der Waals surface area contributed by atoms with Gasteiger partial charge in [0.05, 0.1) is 0 Å². The second-order valence-corrected chi connectivity index (χ2v) is 4.93. The van der Waals surface area contributed by atoms with Crippen LogP contribution in [0.5, 0.6) is 0 Å². The average molecular weight is 240 g/mol. The van der Waals surface area contributed by atoms with Crippen molar-refractivity contribution in [1.29, 1.82) is 0 Å². The molecule has 1 rings (SSSR count). The fraction of sp³-hybridized carbons (Fsp3) is 0.923. The molecule has 100 valence electrons. The van der Waals surface area contributed by atoms with Gasteiger partial charge in [-0.05, 0) is 25.2 Å². The summed E-state index contributed by atoms with van der Waals surface area (Å²) < 4.78 is 0. The Hall–Kier alpha value is -0.770. The Balaban J connectivity index is 2.44. The Kier molecular flexibility index (Phi) is 7.01. The van der Waals surface area contributed by atoms with Crippen molar-refractivity contribution in [3.63, 3.8) is 0 Å². The van der Waals surface area contributed by atoms with Gasteiger partial charge >= 0.3 is 0 Å². The van der Waals surface area contributed by atoms with Crippen LogP contribution >= 0.6 is 0 Å². The molecule has 0 radical (unpaired) electrons. The van der Waals surface area contributed by atoms with Gasteiger partial charge in [-0.3, -0.25) is 10.4 Å². The van der Waals surface area contributed by atoms with Gasteiger partial charge in [0.1, 0.15) is 0 Å². The normalized spacial score (nSPS) is 25.7. The second kappa shape index (κ2) is 8.34. The number of hydrogen-bond donors (Lipinski definition) is 3. The third kappa shape index (κ3) is 4.94. The smallest absolute Gasteiger partial charge is 0.205 e. The van der Waals surface area contributed by atoms with E-state index < -0.39 is 0 Å². The highest BCUT2D eigenvalue weighted by molar-refractivity contribution is 5.79. The van der Waals surface area contributed by atoms with Crippen LogP contribution in [0.15, 0.2) is 4.99 Å². The van der Waals surface area contributed by atoms with Gasteiger partial charge in [0, 0.05) is 12.6 Å². The third-order valence-corrected chi connectivity index (χ3v) is 3.67. The van der Waals surface area contributed by atoms with E-state index >= 15 is 0 Å². The number of unbranched alkanes of at least 4 members (excludes halogenated alkanes) is 1. The molecule has 2 unspecified atom stereocenters. The van der Waals surface area contributed by atoms with Crippen LogP contribution in [0.2, 0.25) is 0 Å². The van der Waals surface area contributed by atoms with Crippen LogP contribution in [0.4, 0.5) is 0 Å². The minimum atomic E-state index is 0.546. The summed E-state index contributed by atoms with van der Waals surface area (Å²) in [6.45, 7) is 5.30. The summed E-state index contributed by atoms with van der Waals surface area (Å²) in [5.41, 5.74) is 2.69. The molecule has 0 spiro atoms. The van der Waals surface area contributed by atoms with E-state index in [1.807, 2.05) is 0 Å². The van der Waals surface area contributed by atoms with Crippen molar-refractivity contribution in [2.75, 3.05) is 6.54 Å². The number of aliphatic imine (C=N–C) groups is 1. The van der Waals surface area contributed by atoms with Crippen molar-refractivity contribution >= 4 is 5.96 Å². The summed E-state index contributed by atoms with van der Waals surface area (Å²) >= 11 is 0. The number of guanidine groups is 1. The average Bonchev–Trinajstić information content (AvgIpc) is 2.38. The lowest BCUT2D eigenvalue weighted by molar-refractivity contribution is 0.278. The van der Waals surface area contributed by atoms with Gasteiger partial charge < -0.3 is 5.32 Å². The van der Waals surface area contributed by atoms with E-state index in [2.05, 4.69) is 29.6 Å². The number of rotatable bonds is 5. The molecule has 1 aliphatic rings. The lowest BCUT2D eigenvalue weighted by Gasteiger charge is -2.32. The lowest BCUT2D eigenvalue weighted by atomic mass is 9.83. The van der Waals surface area contributed by atoms with Gasteiger partial charge in [-0.15, -0.1) is 0 Å². The maximum Gasteiger partial charge on any atom is 0.205 e. The SMILES string of the molecule is CCCCN=C(NN)NC1CCCCC1CC. The molecule has 0 saturated heterocycles. The fourth-order valence-electron chi connectivity index (χ4n) is 2.54. The van der Waals surface area contributed by atoms with Crippen LogP contribution < -0.4 is 16.6 Å². The summed E-state index contributed by atoms with van der Waals surface area (Å²) in [7, 11) is 0. The molecule has 4 nitrogen and oxygen atoms in total. The van der Waals surface area contributed by atoms with Crippen molar-refractivity contribution < 1.29 is 0 Å². The Bertz CT molecular complexity index is 227. The summed E-state index contributed by atoms with van der Waals surface area (Å²) in [5.74, 6) is 7.05. The summed E-state index contributed by atoms with van der Waals surface area (Å²) in [6.07, 6.45) is 8.80. The highest BCUT2D eigenvalue weighted by Gasteiger charge is 2.24. The van der Waals surface area contributed by atoms with Crippen LogP contribution in [0, 0.1) is 5.92 Å². The maximum absolute atomic E-state index is 5.52. The first-order chi connectivity index (χ1) is 8.31. The highest BCUT2D eigenvalue weighted by Crippen LogP contribution is 2.26. The molecule has 1 aliphatic carbocycles. The van der Waals surface area contributed by atoms with Crippen molar-refractivity contribution in [2.45, 2.75) is 64.8 Å². The fourth-order valence-corrected chi connectivity index (χ4v) is 2.54. The predicted molar refractivity (Wildman–Crippen MR) is 73.7 cm³/mol. The second-order valence-electron chi connectivity index (χ2n) is 4.93. The summed E-state index contributed by atoms with van der Waals surface area (Å²) in [4.78, 5) is 4.46. The molecule has 17 heavy (non-hydrogen) atoms. The molecule has 0 heterocycles. The zero-order valence-electron chi connectivity index (χ0n) is 11.3. The zero-order chi connectivity index (χ0) is 12.5. The van der Waals surface area contributed by atoms with Gasteiger partial charge in [0.15, 0.2) is 0 Å². The van der Waals surface area contributed by atoms with E-state index in [9.17, 15) is 0 Å². The van der Waals surface area contributed by atoms with E-state index in [-0.39, 0.29) is 0 Å². The third-order valence-electron chi connectivity index (χ3n) is 3.67. The summed E-state index contributed by atoms with van der Waals surface area (Å²) in [5, 5.41) is 3.48. The minimum absolute atomic E-state index is 0.546. The molecule has 4 heteroatoms. The van der Waals surface area contributed by atoms with Crippen molar-refractivity contribution in [1.82, 2.24) is 10.7 Å². The molecule has 0 aromatic carbocycles. The number of hydrazine groups is 1. The quantitative estimate of drug-likeness (QED) is 0.227. The van der Waals surface area contributed by atoms with E-state index in [4.69, 9.17) is 5.84 Å². The molecule has 4 N–H and O–H groups in total. The standard InChI is InChI=1S/C13H28N4/c1-3-5-10-15-13(17-14)16-12-9-7-6-8-11(12)4-2/h11-12H,3-10,14H2,1-2H3,(H2,15,16,17). The number of hydrogen-bond acceptors (Lipinski definition) is 2. The number of nitrogens with one attached hydrogen (secondary N) is 2. The lowest BCUT2D eigenvalue weighted by Crippen LogP contribution is -2.49. The first-order valence-electron chi connectivity index (χ1n) is 7.09. The van der Waals surface area contributed by atoms with Crippen LogP contribution in [-0.4, -0.2) is 18.5 Å². The maximum atomic E-state index is 5.52. The van der Waals surface area contributed by atoms with Crippen LogP contribution in [-0.2, 0) is 0 Å². The predicted octanol–water partition coefficient (Wildman–Crippen LogP) is 2.16. The largest absolute Gasteiger partial charge is 0.352 e. The van der Waals surface area contributed by atoms with Gasteiger partial charge in [-0.25, -0.2) is 5.84 Å². The Morgan fingerprint density at radius 2 is 2.06 bits per heavy atom. The first-order valence-corrected chi connectivity index (χ1v) is 7.09. The van der Waals surface area contributed by atoms with Gasteiger partial charge in [-0.1, -0.05) is 39.5 Å². The number of nitrogens with two attached hydrogens (primary N) is 1. The van der Waals surface area contributed by atoms with E-state index in [0.29, 0.717) is 6.04 Å². The molecule has 2 atom stereocenters. The molecule has 1 fully saturated rings. The van der Waals surface area contributed by atoms with Crippen molar-refractivity contribution in [2.24, 2.45) is 16.8 Å². The molecular formula is C13H28N4. The molecule has 0 amide bonds. The topological polar surface area (TPSA) is 62.4 Å². The molecule has 0 aromatic heterocycles. The molecule has 1 saturated carbocycles. The molecular weight excluding hydrogens is 212 g/mol. The first kappa shape index (κ1) is 14.3. The van der Waals surface area contributed by atoms with Crippen LogP contribution in [0.25, 0.3) is 0 Å². The van der Waals surface area contributed by atoms with Crippen LogP contribution in [0.3, 0.4) is 0 Å². The van der Waals surface area contributed by atoms with E-state index in [1.165, 1.54) is 38.5 Å². The van der Waals surface area contributed by atoms with E-state index in [1.54, 1.807) is 0 Å². The zero-order valence-corrected chi connectivity index (χ0v) is 11.3. The van der Waals surface area contributed by atoms with Gasteiger partial charge in [0.25, 0.3) is 0 Å². The highest BCUT2D eigenvalue weighted by atomic mass is 15.3. The Labute approximate surface area is 105 Å². The Morgan fingerprint density at radius 1 is 1.29 bits per heavy atom. The molecule has 0 aromatic rings. The van der Waals surface area contributed by atoms with Crippen molar-refractivity contribution in [3.8, 4) is 0 Å². The summed E-state index contributed by atoms with van der Waals surface area (Å²) in [6, 6.07) is 0.546. The van der Waals surface area contributed by atoms with E-state index in [0.717, 1.165) is 24.8 Å². The van der Waals surface area contributed by atoms with Gasteiger partial charge in [0.2, 0.25) is 5.96 Å². The minimum Gasteiger partial charge on any atom is -0.352 e. The van der Waals surface area contributed by atoms with Crippen LogP contribution in [0.1, 0.15) is 58.8 Å². The molecule has 0 bridgehead atoms. The monoisotopic (exact) mass is 240 g/mol.